The number of esters is 1. The minimum Gasteiger partial charge on any atom is -0.423 e. The fourth-order valence-corrected chi connectivity index (χ4v) is 2.85. The Morgan fingerprint density at radius 1 is 1.19 bits per heavy atom. The lowest BCUT2D eigenvalue weighted by atomic mass is 9.98. The van der Waals surface area contributed by atoms with E-state index in [2.05, 4.69) is 23.9 Å². The van der Waals surface area contributed by atoms with Crippen molar-refractivity contribution in [1.29, 1.82) is 0 Å². The predicted molar refractivity (Wildman–Crippen MR) is 101 cm³/mol. The topological polar surface area (TPSA) is 57.0 Å². The normalized spacial score (nSPS) is 12.0. The van der Waals surface area contributed by atoms with Gasteiger partial charge in [0.15, 0.2) is 5.82 Å². The molecule has 5 nitrogen and oxygen atoms in total. The van der Waals surface area contributed by atoms with Crippen molar-refractivity contribution in [3.05, 3.63) is 71.2 Å². The molecule has 0 saturated heterocycles. The predicted octanol–water partition coefficient (Wildman–Crippen LogP) is 4.62. The lowest BCUT2D eigenvalue weighted by molar-refractivity contribution is 0.0732. The van der Waals surface area contributed by atoms with Crippen LogP contribution in [0.3, 0.4) is 0 Å². The first-order valence-electron chi connectivity index (χ1n) is 8.80. The van der Waals surface area contributed by atoms with Crippen LogP contribution >= 0.6 is 0 Å². The summed E-state index contributed by atoms with van der Waals surface area (Å²) in [6.07, 6.45) is 2.51. The molecule has 2 heterocycles. The highest BCUT2D eigenvalue weighted by Gasteiger charge is 2.15. The highest BCUT2D eigenvalue weighted by molar-refractivity contribution is 5.91. The summed E-state index contributed by atoms with van der Waals surface area (Å²) >= 11 is 0. The minimum atomic E-state index is -0.409. The van der Waals surface area contributed by atoms with Crippen LogP contribution in [0.25, 0.3) is 5.82 Å². The Morgan fingerprint density at radius 3 is 2.58 bits per heavy atom. The van der Waals surface area contributed by atoms with Gasteiger partial charge in [0.1, 0.15) is 5.75 Å². The number of aromatic nitrogens is 3. The largest absolute Gasteiger partial charge is 0.423 e. The fourth-order valence-electron chi connectivity index (χ4n) is 2.85. The van der Waals surface area contributed by atoms with Gasteiger partial charge in [-0.15, -0.1) is 0 Å². The van der Waals surface area contributed by atoms with Crippen molar-refractivity contribution in [2.24, 2.45) is 0 Å². The summed E-state index contributed by atoms with van der Waals surface area (Å²) < 4.78 is 7.38. The van der Waals surface area contributed by atoms with Crippen LogP contribution in [0.15, 0.2) is 48.7 Å². The van der Waals surface area contributed by atoms with Gasteiger partial charge in [0.2, 0.25) is 0 Å². The molecule has 2 aromatic heterocycles. The summed E-state index contributed by atoms with van der Waals surface area (Å²) in [7, 11) is 0. The molecule has 134 valence electrons. The number of carbonyl (C=O) groups is 1. The molecule has 3 rings (SSSR count). The summed E-state index contributed by atoms with van der Waals surface area (Å²) in [6.45, 7) is 8.14. The molecule has 0 radical (unpaired) electrons. The monoisotopic (exact) mass is 349 g/mol. The molecular formula is C21H23N3O2. The molecule has 0 amide bonds. The van der Waals surface area contributed by atoms with Gasteiger partial charge in [0.25, 0.3) is 0 Å². The second kappa shape index (κ2) is 7.52. The molecule has 0 aliphatic carbocycles. The summed E-state index contributed by atoms with van der Waals surface area (Å²) in [5, 5.41) is 4.40. The Morgan fingerprint density at radius 2 is 1.96 bits per heavy atom. The van der Waals surface area contributed by atoms with Gasteiger partial charge in [-0.25, -0.2) is 14.5 Å². The second-order valence-corrected chi connectivity index (χ2v) is 6.48. The number of para-hydroxylation sites is 1. The lowest BCUT2D eigenvalue weighted by Gasteiger charge is -2.14. The highest BCUT2D eigenvalue weighted by Crippen LogP contribution is 2.29. The molecule has 0 bridgehead atoms. The van der Waals surface area contributed by atoms with E-state index < -0.39 is 5.97 Å². The van der Waals surface area contributed by atoms with Gasteiger partial charge in [-0.3, -0.25) is 0 Å². The molecule has 0 fully saturated rings. The number of nitrogens with zero attached hydrogens (tertiary/aromatic N) is 3. The quantitative estimate of drug-likeness (QED) is 0.498. The molecule has 0 spiro atoms. The molecular weight excluding hydrogens is 326 g/mol. The van der Waals surface area contributed by atoms with E-state index in [1.165, 1.54) is 6.20 Å². The van der Waals surface area contributed by atoms with Gasteiger partial charge in [0.05, 0.1) is 11.3 Å². The van der Waals surface area contributed by atoms with E-state index in [-0.39, 0.29) is 0 Å². The van der Waals surface area contributed by atoms with Crippen LogP contribution in [0.5, 0.6) is 5.75 Å². The van der Waals surface area contributed by atoms with Crippen molar-refractivity contribution >= 4 is 5.97 Å². The summed E-state index contributed by atoms with van der Waals surface area (Å²) in [5.41, 5.74) is 3.37. The second-order valence-electron chi connectivity index (χ2n) is 6.48. The Bertz CT molecular complexity index is 913. The van der Waals surface area contributed by atoms with E-state index in [0.29, 0.717) is 23.0 Å². The van der Waals surface area contributed by atoms with E-state index in [1.54, 1.807) is 16.8 Å². The standard InChI is InChI=1S/C21H23N3O2/c1-5-14(2)18-8-6-7-9-19(18)26-21(25)17-10-11-20(22-13-17)24-16(4)12-15(3)23-24/h6-14H,5H2,1-4H3. The molecule has 0 aliphatic rings. The van der Waals surface area contributed by atoms with E-state index in [0.717, 1.165) is 23.4 Å². The first kappa shape index (κ1) is 17.9. The first-order valence-corrected chi connectivity index (χ1v) is 8.80. The Kier molecular flexibility index (Phi) is 5.16. The number of hydrogen-bond acceptors (Lipinski definition) is 4. The third-order valence-corrected chi connectivity index (χ3v) is 4.48. The average Bonchev–Trinajstić information content (AvgIpc) is 2.99. The van der Waals surface area contributed by atoms with Gasteiger partial charge in [-0.05, 0) is 56.0 Å². The molecule has 0 N–H and O–H groups in total. The van der Waals surface area contributed by atoms with Crippen molar-refractivity contribution in [1.82, 2.24) is 14.8 Å². The minimum absolute atomic E-state index is 0.325. The number of aryl methyl sites for hydroxylation is 2. The number of pyridine rings is 1. The number of benzene rings is 1. The van der Waals surface area contributed by atoms with Crippen molar-refractivity contribution < 1.29 is 9.53 Å². The van der Waals surface area contributed by atoms with Crippen LogP contribution in [0, 0.1) is 13.8 Å². The zero-order valence-electron chi connectivity index (χ0n) is 15.6. The van der Waals surface area contributed by atoms with Gasteiger partial charge in [-0.1, -0.05) is 32.0 Å². The molecule has 1 aromatic carbocycles. The van der Waals surface area contributed by atoms with Crippen LogP contribution in [0.1, 0.15) is 53.5 Å². The van der Waals surface area contributed by atoms with Crippen molar-refractivity contribution in [3.63, 3.8) is 0 Å². The van der Waals surface area contributed by atoms with Crippen molar-refractivity contribution in [2.75, 3.05) is 0 Å². The lowest BCUT2D eigenvalue weighted by Crippen LogP contribution is -2.11. The molecule has 3 aromatic rings. The number of rotatable bonds is 5. The van der Waals surface area contributed by atoms with Crippen LogP contribution in [-0.4, -0.2) is 20.7 Å². The van der Waals surface area contributed by atoms with Crippen LogP contribution in [-0.2, 0) is 0 Å². The van der Waals surface area contributed by atoms with Gasteiger partial charge in [-0.2, -0.15) is 5.10 Å². The zero-order chi connectivity index (χ0) is 18.7. The van der Waals surface area contributed by atoms with E-state index in [4.69, 9.17) is 4.74 Å². The third kappa shape index (κ3) is 3.67. The number of hydrogen-bond donors (Lipinski definition) is 0. The zero-order valence-corrected chi connectivity index (χ0v) is 15.6. The van der Waals surface area contributed by atoms with Crippen molar-refractivity contribution in [3.8, 4) is 11.6 Å². The third-order valence-electron chi connectivity index (χ3n) is 4.48. The maximum absolute atomic E-state index is 12.5. The maximum atomic E-state index is 12.5. The molecule has 0 aliphatic heterocycles. The molecule has 5 heteroatoms. The van der Waals surface area contributed by atoms with Gasteiger partial charge >= 0.3 is 5.97 Å². The first-order chi connectivity index (χ1) is 12.5. The van der Waals surface area contributed by atoms with Gasteiger partial charge in [0, 0.05) is 11.9 Å². The SMILES string of the molecule is CCC(C)c1ccccc1OC(=O)c1ccc(-n2nc(C)cc2C)nc1. The Balaban J connectivity index is 1.80. The molecule has 1 atom stereocenters. The van der Waals surface area contributed by atoms with Gasteiger partial charge < -0.3 is 4.74 Å². The van der Waals surface area contributed by atoms with Crippen molar-refractivity contribution in [2.45, 2.75) is 40.0 Å². The smallest absolute Gasteiger partial charge is 0.345 e. The van der Waals surface area contributed by atoms with E-state index in [9.17, 15) is 4.79 Å². The molecule has 26 heavy (non-hydrogen) atoms. The highest BCUT2D eigenvalue weighted by atomic mass is 16.5. The van der Waals surface area contributed by atoms with E-state index >= 15 is 0 Å². The summed E-state index contributed by atoms with van der Waals surface area (Å²) in [5.74, 6) is 1.19. The Hall–Kier alpha value is -2.95. The fraction of sp³-hybridized carbons (Fsp3) is 0.286. The van der Waals surface area contributed by atoms with Crippen LogP contribution in [0.4, 0.5) is 0 Å². The number of carbonyl (C=O) groups excluding carboxylic acids is 1. The number of ether oxygens (including phenoxy) is 1. The summed E-state index contributed by atoms with van der Waals surface area (Å²) in [4.78, 5) is 16.9. The molecule has 0 saturated carbocycles. The summed E-state index contributed by atoms with van der Waals surface area (Å²) in [6, 6.07) is 13.1. The molecule has 1 unspecified atom stereocenters. The maximum Gasteiger partial charge on any atom is 0.345 e. The average molecular weight is 349 g/mol. The van der Waals surface area contributed by atoms with Crippen LogP contribution < -0.4 is 4.74 Å². The van der Waals surface area contributed by atoms with E-state index in [1.807, 2.05) is 44.2 Å². The van der Waals surface area contributed by atoms with Crippen LogP contribution in [0.2, 0.25) is 0 Å². The Labute approximate surface area is 153 Å².